The van der Waals surface area contributed by atoms with Crippen LogP contribution in [0.5, 0.6) is 0 Å². The largest absolute Gasteiger partial charge is 0.376 e. The van der Waals surface area contributed by atoms with Crippen LogP contribution in [0.1, 0.15) is 37.3 Å². The van der Waals surface area contributed by atoms with Gasteiger partial charge >= 0.3 is 0 Å². The van der Waals surface area contributed by atoms with Gasteiger partial charge in [0.25, 0.3) is 0 Å². The van der Waals surface area contributed by atoms with Gasteiger partial charge in [0, 0.05) is 31.8 Å². The number of pyridine rings is 1. The normalized spacial score (nSPS) is 19.7. The third kappa shape index (κ3) is 3.83. The van der Waals surface area contributed by atoms with Gasteiger partial charge in [0.1, 0.15) is 5.82 Å². The van der Waals surface area contributed by atoms with Crippen molar-refractivity contribution in [2.45, 2.75) is 45.1 Å². The number of piperidine rings is 1. The Bertz CT molecular complexity index is 411. The van der Waals surface area contributed by atoms with E-state index in [2.05, 4.69) is 29.8 Å². The van der Waals surface area contributed by atoms with E-state index >= 15 is 0 Å². The van der Waals surface area contributed by atoms with Gasteiger partial charge in [0.2, 0.25) is 0 Å². The molecule has 0 bridgehead atoms. The molecule has 0 saturated carbocycles. The molecule has 2 rings (SSSR count). The van der Waals surface area contributed by atoms with Crippen molar-refractivity contribution in [3.05, 3.63) is 23.4 Å². The van der Waals surface area contributed by atoms with Crippen LogP contribution in [0.15, 0.2) is 12.3 Å². The van der Waals surface area contributed by atoms with Crippen LogP contribution in [-0.4, -0.2) is 30.8 Å². The quantitative estimate of drug-likeness (QED) is 0.773. The van der Waals surface area contributed by atoms with E-state index in [0.29, 0.717) is 12.0 Å². The molecule has 1 unspecified atom stereocenters. The van der Waals surface area contributed by atoms with Crippen LogP contribution < -0.4 is 4.90 Å². The lowest BCUT2D eigenvalue weighted by molar-refractivity contribution is 0.0439. The van der Waals surface area contributed by atoms with Gasteiger partial charge in [-0.2, -0.15) is 0 Å². The highest BCUT2D eigenvalue weighted by Crippen LogP contribution is 2.23. The molecule has 0 amide bonds. The summed E-state index contributed by atoms with van der Waals surface area (Å²) in [7, 11) is 0. The van der Waals surface area contributed by atoms with Gasteiger partial charge in [-0.1, -0.05) is 6.92 Å². The average molecular weight is 283 g/mol. The second kappa shape index (κ2) is 7.11. The Hall–Kier alpha value is -0.800. The average Bonchev–Trinajstić information content (AvgIpc) is 2.45. The number of anilines is 1. The Kier molecular flexibility index (Phi) is 5.46. The monoisotopic (exact) mass is 282 g/mol. The van der Waals surface area contributed by atoms with E-state index < -0.39 is 0 Å². The predicted molar refractivity (Wildman–Crippen MR) is 80.0 cm³/mol. The maximum Gasteiger partial charge on any atom is 0.131 e. The van der Waals surface area contributed by atoms with Gasteiger partial charge in [-0.3, -0.25) is 0 Å². The summed E-state index contributed by atoms with van der Waals surface area (Å²) in [5.41, 5.74) is 2.29. The molecule has 2 heterocycles. The van der Waals surface area contributed by atoms with Crippen molar-refractivity contribution in [3.63, 3.8) is 0 Å². The highest BCUT2D eigenvalue weighted by atomic mass is 35.5. The topological polar surface area (TPSA) is 25.4 Å². The number of hydrogen-bond donors (Lipinski definition) is 0. The minimum absolute atomic E-state index is 0.350. The highest BCUT2D eigenvalue weighted by molar-refractivity contribution is 6.17. The molecular formula is C15H23ClN2O. The zero-order valence-electron chi connectivity index (χ0n) is 11.9. The lowest BCUT2D eigenvalue weighted by Crippen LogP contribution is -2.40. The van der Waals surface area contributed by atoms with Crippen LogP contribution in [0.4, 0.5) is 5.82 Å². The molecule has 0 aromatic carbocycles. The Morgan fingerprint density at radius 2 is 2.37 bits per heavy atom. The molecule has 1 aliphatic rings. The second-order valence-electron chi connectivity index (χ2n) is 5.20. The predicted octanol–water partition coefficient (Wildman–Crippen LogP) is 3.52. The lowest BCUT2D eigenvalue weighted by Gasteiger charge is -2.34. The number of aromatic nitrogens is 1. The fourth-order valence-corrected chi connectivity index (χ4v) is 2.73. The maximum absolute atomic E-state index is 5.88. The molecular weight excluding hydrogens is 260 g/mol. The lowest BCUT2D eigenvalue weighted by atomic mass is 10.1. The molecule has 0 aliphatic carbocycles. The van der Waals surface area contributed by atoms with Gasteiger partial charge in [-0.15, -0.1) is 11.6 Å². The summed E-state index contributed by atoms with van der Waals surface area (Å²) in [4.78, 5) is 6.92. The number of rotatable bonds is 5. The van der Waals surface area contributed by atoms with Gasteiger partial charge in [0.05, 0.1) is 6.10 Å². The Morgan fingerprint density at radius 1 is 1.53 bits per heavy atom. The van der Waals surface area contributed by atoms with Crippen molar-refractivity contribution in [1.82, 2.24) is 4.98 Å². The first kappa shape index (κ1) is 14.6. The smallest absolute Gasteiger partial charge is 0.131 e. The van der Waals surface area contributed by atoms with Crippen LogP contribution in [0.3, 0.4) is 0 Å². The van der Waals surface area contributed by atoms with E-state index in [-0.39, 0.29) is 0 Å². The summed E-state index contributed by atoms with van der Waals surface area (Å²) in [6.45, 7) is 7.14. The summed E-state index contributed by atoms with van der Waals surface area (Å²) in [5.74, 6) is 1.61. The van der Waals surface area contributed by atoms with Crippen LogP contribution >= 0.6 is 11.6 Å². The van der Waals surface area contributed by atoms with Crippen molar-refractivity contribution in [2.75, 3.05) is 24.6 Å². The van der Waals surface area contributed by atoms with E-state index in [1.807, 2.05) is 6.20 Å². The number of hydrogen-bond acceptors (Lipinski definition) is 3. The molecule has 0 N–H and O–H groups in total. The molecule has 1 aliphatic heterocycles. The van der Waals surface area contributed by atoms with Crippen LogP contribution in [0.25, 0.3) is 0 Å². The molecule has 106 valence electrons. The molecule has 19 heavy (non-hydrogen) atoms. The number of alkyl halides is 1. The van der Waals surface area contributed by atoms with E-state index in [1.54, 1.807) is 0 Å². The number of nitrogens with zero attached hydrogens (tertiary/aromatic N) is 2. The SMILES string of the molecule is CCCOC1CCCN(c2ncc(CCl)cc2C)C1. The first-order valence-corrected chi connectivity index (χ1v) is 7.66. The van der Waals surface area contributed by atoms with Gasteiger partial charge in [-0.05, 0) is 43.4 Å². The number of halogens is 1. The summed E-state index contributed by atoms with van der Waals surface area (Å²) >= 11 is 5.84. The van der Waals surface area contributed by atoms with Crippen LogP contribution in [0, 0.1) is 6.92 Å². The first-order chi connectivity index (χ1) is 9.24. The Balaban J connectivity index is 2.04. The van der Waals surface area contributed by atoms with E-state index in [0.717, 1.165) is 43.9 Å². The van der Waals surface area contributed by atoms with Gasteiger partial charge in [-0.25, -0.2) is 4.98 Å². The molecule has 1 fully saturated rings. The fourth-order valence-electron chi connectivity index (χ4n) is 2.58. The second-order valence-corrected chi connectivity index (χ2v) is 5.47. The Labute approximate surface area is 120 Å². The third-order valence-electron chi connectivity index (χ3n) is 3.50. The van der Waals surface area contributed by atoms with Crippen molar-refractivity contribution < 1.29 is 4.74 Å². The molecule has 1 saturated heterocycles. The summed E-state index contributed by atoms with van der Waals surface area (Å²) in [5, 5.41) is 0. The summed E-state index contributed by atoms with van der Waals surface area (Å²) < 4.78 is 5.88. The molecule has 0 radical (unpaired) electrons. The van der Waals surface area contributed by atoms with Gasteiger partial charge in [0.15, 0.2) is 0 Å². The molecule has 1 aromatic rings. The standard InChI is InChI=1S/C15H23ClN2O/c1-3-7-19-14-5-4-6-18(11-14)15-12(2)8-13(9-16)10-17-15/h8,10,14H,3-7,9,11H2,1-2H3. The number of ether oxygens (including phenoxy) is 1. The van der Waals surface area contributed by atoms with E-state index in [4.69, 9.17) is 16.3 Å². The van der Waals surface area contributed by atoms with Crippen LogP contribution in [0.2, 0.25) is 0 Å². The van der Waals surface area contributed by atoms with Crippen molar-refractivity contribution in [2.24, 2.45) is 0 Å². The Morgan fingerprint density at radius 3 is 3.05 bits per heavy atom. The highest BCUT2D eigenvalue weighted by Gasteiger charge is 2.22. The minimum atomic E-state index is 0.350. The molecule has 3 nitrogen and oxygen atoms in total. The van der Waals surface area contributed by atoms with Crippen molar-refractivity contribution in [3.8, 4) is 0 Å². The number of aryl methyl sites for hydroxylation is 1. The van der Waals surface area contributed by atoms with Crippen molar-refractivity contribution in [1.29, 1.82) is 0 Å². The molecule has 1 aromatic heterocycles. The fraction of sp³-hybridized carbons (Fsp3) is 0.667. The minimum Gasteiger partial charge on any atom is -0.376 e. The maximum atomic E-state index is 5.88. The molecule has 4 heteroatoms. The van der Waals surface area contributed by atoms with Crippen LogP contribution in [-0.2, 0) is 10.6 Å². The molecule has 0 spiro atoms. The summed E-state index contributed by atoms with van der Waals surface area (Å²) in [6.07, 6.45) is 5.65. The van der Waals surface area contributed by atoms with E-state index in [9.17, 15) is 0 Å². The van der Waals surface area contributed by atoms with E-state index in [1.165, 1.54) is 12.0 Å². The third-order valence-corrected chi connectivity index (χ3v) is 3.81. The van der Waals surface area contributed by atoms with Gasteiger partial charge < -0.3 is 9.64 Å². The zero-order valence-corrected chi connectivity index (χ0v) is 12.6. The first-order valence-electron chi connectivity index (χ1n) is 7.12. The van der Waals surface area contributed by atoms with Crippen molar-refractivity contribution >= 4 is 17.4 Å². The molecule has 1 atom stereocenters. The summed E-state index contributed by atoms with van der Waals surface area (Å²) in [6, 6.07) is 2.13. The zero-order chi connectivity index (χ0) is 13.7.